The van der Waals surface area contributed by atoms with Crippen LogP contribution in [0.4, 0.5) is 5.69 Å². The lowest BCUT2D eigenvalue weighted by Crippen LogP contribution is -2.41. The van der Waals surface area contributed by atoms with E-state index in [1.54, 1.807) is 26.0 Å². The number of nitrogens with one attached hydrogen (secondary N) is 1. The maximum absolute atomic E-state index is 12.2. The molecule has 0 aliphatic carbocycles. The summed E-state index contributed by atoms with van der Waals surface area (Å²) >= 11 is 7.23. The molecule has 0 spiro atoms. The number of hydrogen-bond donors (Lipinski definition) is 2. The first-order chi connectivity index (χ1) is 8.84. The molecule has 1 aromatic carbocycles. The average molecular weight is 293 g/mol. The Morgan fingerprint density at radius 1 is 1.53 bits per heavy atom. The molecule has 5 heteroatoms. The Balaban J connectivity index is 2.44. The number of terminal acetylenes is 1. The summed E-state index contributed by atoms with van der Waals surface area (Å²) in [6.07, 6.45) is 5.36. The Labute approximate surface area is 120 Å². The molecule has 2 rings (SSSR count). The lowest BCUT2D eigenvalue weighted by Gasteiger charge is -2.19. The lowest BCUT2D eigenvalue weighted by atomic mass is 10.1. The molecule has 0 radical (unpaired) electrons. The van der Waals surface area contributed by atoms with E-state index in [4.69, 9.17) is 23.8 Å². The zero-order chi connectivity index (χ0) is 14.2. The minimum atomic E-state index is -0.711. The van der Waals surface area contributed by atoms with Gasteiger partial charge in [-0.25, -0.2) is 0 Å². The van der Waals surface area contributed by atoms with Gasteiger partial charge < -0.3 is 11.1 Å². The molecule has 0 aliphatic rings. The smallest absolute Gasteiger partial charge is 0.264 e. The highest BCUT2D eigenvalue weighted by Gasteiger charge is 2.22. The molecule has 0 saturated heterocycles. The van der Waals surface area contributed by atoms with Crippen molar-refractivity contribution in [3.63, 3.8) is 0 Å². The van der Waals surface area contributed by atoms with Crippen molar-refractivity contribution < 1.29 is 4.79 Å². The van der Waals surface area contributed by atoms with Crippen molar-refractivity contribution in [2.24, 2.45) is 0 Å². The van der Waals surface area contributed by atoms with E-state index in [0.29, 0.717) is 15.6 Å². The molecule has 0 atom stereocenters. The largest absolute Gasteiger partial charge is 0.397 e. The summed E-state index contributed by atoms with van der Waals surface area (Å²) in [5.74, 6) is 2.25. The maximum atomic E-state index is 12.2. The molecular weight excluding hydrogens is 280 g/mol. The van der Waals surface area contributed by atoms with Gasteiger partial charge in [-0.05, 0) is 32.0 Å². The second kappa shape index (κ2) is 4.76. The number of nitrogens with two attached hydrogens (primary N) is 1. The van der Waals surface area contributed by atoms with Gasteiger partial charge in [0.25, 0.3) is 5.91 Å². The maximum Gasteiger partial charge on any atom is 0.264 e. The first-order valence-corrected chi connectivity index (χ1v) is 6.81. The van der Waals surface area contributed by atoms with E-state index >= 15 is 0 Å². The van der Waals surface area contributed by atoms with Crippen molar-refractivity contribution in [3.05, 3.63) is 28.1 Å². The zero-order valence-corrected chi connectivity index (χ0v) is 12.2. The van der Waals surface area contributed by atoms with Crippen LogP contribution in [-0.2, 0) is 0 Å². The second-order valence-corrected chi connectivity index (χ2v) is 6.20. The predicted molar refractivity (Wildman–Crippen MR) is 81.6 cm³/mol. The Morgan fingerprint density at radius 3 is 2.84 bits per heavy atom. The number of fused-ring (bicyclic) bond motifs is 1. The van der Waals surface area contributed by atoms with Gasteiger partial charge in [0.1, 0.15) is 4.88 Å². The van der Waals surface area contributed by atoms with Gasteiger partial charge in [0, 0.05) is 15.1 Å². The Kier molecular flexibility index (Phi) is 3.44. The molecule has 0 aliphatic heterocycles. The molecular formula is C14H13ClN2OS. The van der Waals surface area contributed by atoms with Gasteiger partial charge in [-0.2, -0.15) is 0 Å². The molecule has 1 amide bonds. The van der Waals surface area contributed by atoms with E-state index in [0.717, 1.165) is 10.1 Å². The van der Waals surface area contributed by atoms with Crippen molar-refractivity contribution in [1.82, 2.24) is 5.32 Å². The van der Waals surface area contributed by atoms with Crippen LogP contribution in [0.5, 0.6) is 0 Å². The van der Waals surface area contributed by atoms with Crippen LogP contribution in [0.2, 0.25) is 5.02 Å². The van der Waals surface area contributed by atoms with Crippen LogP contribution in [0.15, 0.2) is 18.2 Å². The van der Waals surface area contributed by atoms with Gasteiger partial charge in [-0.3, -0.25) is 4.79 Å². The molecule has 2 aromatic rings. The van der Waals surface area contributed by atoms with Crippen molar-refractivity contribution in [2.45, 2.75) is 19.4 Å². The van der Waals surface area contributed by atoms with Gasteiger partial charge >= 0.3 is 0 Å². The minimum absolute atomic E-state index is 0.266. The van der Waals surface area contributed by atoms with Gasteiger partial charge in [0.2, 0.25) is 0 Å². The normalized spacial score (nSPS) is 11.3. The number of thiophene rings is 1. The van der Waals surface area contributed by atoms with Crippen LogP contribution in [0.3, 0.4) is 0 Å². The Bertz CT molecular complexity index is 697. The highest BCUT2D eigenvalue weighted by Crippen LogP contribution is 2.35. The molecule has 0 fully saturated rings. The van der Waals surface area contributed by atoms with E-state index in [1.165, 1.54) is 11.3 Å². The number of anilines is 1. The number of carbonyl (C=O) groups excluding carboxylic acids is 1. The zero-order valence-electron chi connectivity index (χ0n) is 10.6. The lowest BCUT2D eigenvalue weighted by molar-refractivity contribution is 0.0935. The van der Waals surface area contributed by atoms with Crippen LogP contribution in [-0.4, -0.2) is 11.4 Å². The van der Waals surface area contributed by atoms with Gasteiger partial charge in [0.05, 0.1) is 11.2 Å². The Hall–Kier alpha value is -1.70. The third kappa shape index (κ3) is 2.67. The molecule has 98 valence electrons. The van der Waals surface area contributed by atoms with Crippen molar-refractivity contribution in [2.75, 3.05) is 5.73 Å². The fraction of sp³-hybridized carbons (Fsp3) is 0.214. The number of nitrogen functional groups attached to an aromatic ring is 1. The SMILES string of the molecule is C#CC(C)(C)NC(=O)c1sc2cc(Cl)ccc2c1N. The van der Waals surface area contributed by atoms with Crippen LogP contribution >= 0.6 is 22.9 Å². The van der Waals surface area contributed by atoms with Gasteiger partial charge in [-0.15, -0.1) is 17.8 Å². The second-order valence-electron chi connectivity index (χ2n) is 4.71. The van der Waals surface area contributed by atoms with E-state index < -0.39 is 5.54 Å². The summed E-state index contributed by atoms with van der Waals surface area (Å²) in [6.45, 7) is 3.51. The number of hydrogen-bond acceptors (Lipinski definition) is 3. The predicted octanol–water partition coefficient (Wildman–Crippen LogP) is 3.28. The standard InChI is InChI=1S/C14H13ClN2OS/c1-4-14(2,3)17-13(18)12-11(16)9-6-5-8(15)7-10(9)19-12/h1,5-7H,16H2,2-3H3,(H,17,18). The molecule has 3 N–H and O–H groups in total. The summed E-state index contributed by atoms with van der Waals surface area (Å²) in [7, 11) is 0. The highest BCUT2D eigenvalue weighted by molar-refractivity contribution is 7.21. The first-order valence-electron chi connectivity index (χ1n) is 5.62. The quantitative estimate of drug-likeness (QED) is 0.835. The summed E-state index contributed by atoms with van der Waals surface area (Å²) in [6, 6.07) is 5.35. The number of carbonyl (C=O) groups is 1. The van der Waals surface area contributed by atoms with Crippen LogP contribution in [0.1, 0.15) is 23.5 Å². The first kappa shape index (κ1) is 13.7. The third-order valence-corrected chi connectivity index (χ3v) is 4.09. The highest BCUT2D eigenvalue weighted by atomic mass is 35.5. The molecule has 1 aromatic heterocycles. The summed E-state index contributed by atoms with van der Waals surface area (Å²) in [4.78, 5) is 12.6. The van der Waals surface area contributed by atoms with E-state index in [2.05, 4.69) is 11.2 Å². The molecule has 3 nitrogen and oxygen atoms in total. The van der Waals surface area contributed by atoms with E-state index in [9.17, 15) is 4.79 Å². The van der Waals surface area contributed by atoms with Crippen molar-refractivity contribution in [1.29, 1.82) is 0 Å². The Morgan fingerprint density at radius 2 is 2.21 bits per heavy atom. The molecule has 0 unspecified atom stereocenters. The fourth-order valence-corrected chi connectivity index (χ4v) is 2.93. The average Bonchev–Trinajstić information content (AvgIpc) is 2.66. The van der Waals surface area contributed by atoms with Gasteiger partial charge in [0.15, 0.2) is 0 Å². The summed E-state index contributed by atoms with van der Waals surface area (Å²) in [5, 5.41) is 4.21. The number of amides is 1. The number of halogens is 1. The van der Waals surface area contributed by atoms with Crippen LogP contribution in [0, 0.1) is 12.3 Å². The van der Waals surface area contributed by atoms with Crippen molar-refractivity contribution >= 4 is 44.6 Å². The van der Waals surface area contributed by atoms with E-state index in [-0.39, 0.29) is 5.91 Å². The fourth-order valence-electron chi connectivity index (χ4n) is 1.64. The molecule has 1 heterocycles. The molecule has 19 heavy (non-hydrogen) atoms. The van der Waals surface area contributed by atoms with Crippen LogP contribution < -0.4 is 11.1 Å². The van der Waals surface area contributed by atoms with E-state index in [1.807, 2.05) is 6.07 Å². The van der Waals surface area contributed by atoms with Crippen molar-refractivity contribution in [3.8, 4) is 12.3 Å². The molecule has 0 saturated carbocycles. The summed E-state index contributed by atoms with van der Waals surface area (Å²) < 4.78 is 0.883. The topological polar surface area (TPSA) is 55.1 Å². The number of benzene rings is 1. The van der Waals surface area contributed by atoms with Gasteiger partial charge in [-0.1, -0.05) is 17.5 Å². The molecule has 0 bridgehead atoms. The summed E-state index contributed by atoms with van der Waals surface area (Å²) in [5.41, 5.74) is 5.75. The van der Waals surface area contributed by atoms with Crippen LogP contribution in [0.25, 0.3) is 10.1 Å². The number of rotatable bonds is 2. The monoisotopic (exact) mass is 292 g/mol. The third-order valence-electron chi connectivity index (χ3n) is 2.68. The minimum Gasteiger partial charge on any atom is -0.397 e.